The van der Waals surface area contributed by atoms with E-state index in [0.29, 0.717) is 12.2 Å². The fraction of sp³-hybridized carbons (Fsp3) is 0.333. The number of nitro benzene ring substituents is 1. The van der Waals surface area contributed by atoms with Crippen molar-refractivity contribution >= 4 is 17.4 Å². The molecule has 0 spiro atoms. The Hall–Kier alpha value is -2.64. The van der Waals surface area contributed by atoms with Crippen molar-refractivity contribution in [3.63, 3.8) is 0 Å². The number of ether oxygens (including phenoxy) is 2. The second-order valence-corrected chi connectivity index (χ2v) is 4.02. The second-order valence-electron chi connectivity index (χ2n) is 4.02. The lowest BCUT2D eigenvalue weighted by Crippen LogP contribution is -2.21. The smallest absolute Gasteiger partial charge is 0.355 e. The van der Waals surface area contributed by atoms with Crippen LogP contribution in [0.5, 0.6) is 5.75 Å². The largest absolute Gasteiger partial charge is 0.490 e. The van der Waals surface area contributed by atoms with Gasteiger partial charge in [0, 0.05) is 18.6 Å². The molecule has 106 valence electrons. The van der Waals surface area contributed by atoms with Crippen LogP contribution in [0.15, 0.2) is 29.4 Å². The van der Waals surface area contributed by atoms with E-state index in [0.717, 1.165) is 0 Å². The predicted molar refractivity (Wildman–Crippen MR) is 67.5 cm³/mol. The molecule has 0 saturated carbocycles. The highest BCUT2D eigenvalue weighted by Gasteiger charge is 2.27. The third kappa shape index (κ3) is 3.22. The molecule has 20 heavy (non-hydrogen) atoms. The summed E-state index contributed by atoms with van der Waals surface area (Å²) in [5.74, 6) is -0.0476. The molecule has 2 rings (SSSR count). The molecule has 8 nitrogen and oxygen atoms in total. The summed E-state index contributed by atoms with van der Waals surface area (Å²) in [5, 5.41) is 14.1. The minimum Gasteiger partial charge on any atom is -0.490 e. The Morgan fingerprint density at radius 3 is 2.80 bits per heavy atom. The van der Waals surface area contributed by atoms with E-state index in [4.69, 9.17) is 9.57 Å². The number of benzene rings is 1. The SMILES string of the molecule is COC(=O)C1=NOC(COc2ccc([N+](=O)[O-])cc2)C1. The number of carbonyl (C=O) groups excluding carboxylic acids is 1. The molecule has 1 aliphatic rings. The lowest BCUT2D eigenvalue weighted by atomic mass is 10.2. The summed E-state index contributed by atoms with van der Waals surface area (Å²) in [6, 6.07) is 5.69. The molecule has 0 saturated heterocycles. The maximum Gasteiger partial charge on any atom is 0.355 e. The zero-order valence-corrected chi connectivity index (χ0v) is 10.6. The number of hydrogen-bond donors (Lipinski definition) is 0. The van der Waals surface area contributed by atoms with Gasteiger partial charge < -0.3 is 14.3 Å². The number of nitrogens with zero attached hydrogens (tertiary/aromatic N) is 2. The number of oxime groups is 1. The van der Waals surface area contributed by atoms with Crippen LogP contribution in [0, 0.1) is 10.1 Å². The van der Waals surface area contributed by atoms with Gasteiger partial charge in [-0.1, -0.05) is 5.16 Å². The van der Waals surface area contributed by atoms with Gasteiger partial charge in [-0.3, -0.25) is 10.1 Å². The van der Waals surface area contributed by atoms with Crippen molar-refractivity contribution < 1.29 is 24.0 Å². The molecule has 1 aromatic rings. The number of methoxy groups -OCH3 is 1. The molecule has 0 N–H and O–H groups in total. The Bertz CT molecular complexity index is 539. The molecule has 0 radical (unpaired) electrons. The van der Waals surface area contributed by atoms with Crippen LogP contribution < -0.4 is 4.74 Å². The highest BCUT2D eigenvalue weighted by molar-refractivity contribution is 6.36. The highest BCUT2D eigenvalue weighted by Crippen LogP contribution is 2.19. The number of nitro groups is 1. The van der Waals surface area contributed by atoms with Crippen LogP contribution in [0.3, 0.4) is 0 Å². The first-order valence-electron chi connectivity index (χ1n) is 5.78. The summed E-state index contributed by atoms with van der Waals surface area (Å²) >= 11 is 0. The van der Waals surface area contributed by atoms with E-state index in [1.165, 1.54) is 31.4 Å². The van der Waals surface area contributed by atoms with Gasteiger partial charge in [-0.25, -0.2) is 4.79 Å². The van der Waals surface area contributed by atoms with Gasteiger partial charge in [-0.15, -0.1) is 0 Å². The number of esters is 1. The first-order valence-corrected chi connectivity index (χ1v) is 5.78. The quantitative estimate of drug-likeness (QED) is 0.457. The van der Waals surface area contributed by atoms with Crippen molar-refractivity contribution in [2.45, 2.75) is 12.5 Å². The van der Waals surface area contributed by atoms with E-state index in [1.54, 1.807) is 0 Å². The summed E-state index contributed by atoms with van der Waals surface area (Å²) in [6.45, 7) is 0.182. The number of carbonyl (C=O) groups is 1. The summed E-state index contributed by atoms with van der Waals surface area (Å²) in [7, 11) is 1.27. The molecular formula is C12H12N2O6. The van der Waals surface area contributed by atoms with Crippen LogP contribution in [-0.4, -0.2) is 36.4 Å². The summed E-state index contributed by atoms with van der Waals surface area (Å²) < 4.78 is 9.94. The topological polar surface area (TPSA) is 100 Å². The first-order chi connectivity index (χ1) is 9.60. The van der Waals surface area contributed by atoms with E-state index in [9.17, 15) is 14.9 Å². The highest BCUT2D eigenvalue weighted by atomic mass is 16.7. The van der Waals surface area contributed by atoms with Crippen LogP contribution >= 0.6 is 0 Å². The third-order valence-electron chi connectivity index (χ3n) is 2.64. The molecule has 1 aliphatic heterocycles. The normalized spacial score (nSPS) is 17.1. The lowest BCUT2D eigenvalue weighted by Gasteiger charge is -2.10. The van der Waals surface area contributed by atoms with Crippen LogP contribution in [0.2, 0.25) is 0 Å². The molecule has 8 heteroatoms. The maximum atomic E-state index is 11.2. The molecule has 0 bridgehead atoms. The van der Waals surface area contributed by atoms with Crippen molar-refractivity contribution in [3.05, 3.63) is 34.4 Å². The zero-order valence-electron chi connectivity index (χ0n) is 10.6. The van der Waals surface area contributed by atoms with Crippen LogP contribution in [0.25, 0.3) is 0 Å². The van der Waals surface area contributed by atoms with Gasteiger partial charge in [-0.2, -0.15) is 0 Å². The van der Waals surface area contributed by atoms with Crippen molar-refractivity contribution in [2.75, 3.05) is 13.7 Å². The van der Waals surface area contributed by atoms with Gasteiger partial charge in [0.05, 0.1) is 12.0 Å². The number of hydrogen-bond acceptors (Lipinski definition) is 7. The minimum atomic E-state index is -0.525. The van der Waals surface area contributed by atoms with E-state index < -0.39 is 10.9 Å². The Kier molecular flexibility index (Phi) is 4.14. The predicted octanol–water partition coefficient (Wildman–Crippen LogP) is 1.29. The average Bonchev–Trinajstić information content (AvgIpc) is 2.93. The standard InChI is InChI=1S/C12H12N2O6/c1-18-12(15)11-6-10(20-13-11)7-19-9-4-2-8(3-5-9)14(16)17/h2-5,10H,6-7H2,1H3. The Balaban J connectivity index is 1.82. The molecule has 0 fully saturated rings. The summed E-state index contributed by atoms with van der Waals surface area (Å²) in [5.41, 5.74) is 0.204. The van der Waals surface area contributed by atoms with Crippen molar-refractivity contribution in [2.24, 2.45) is 5.16 Å². The van der Waals surface area contributed by atoms with Gasteiger partial charge in [0.2, 0.25) is 0 Å². The summed E-state index contributed by atoms with van der Waals surface area (Å²) in [6.07, 6.45) is -0.0704. The average molecular weight is 280 g/mol. The molecule has 1 unspecified atom stereocenters. The number of rotatable bonds is 5. The third-order valence-corrected chi connectivity index (χ3v) is 2.64. The lowest BCUT2D eigenvalue weighted by molar-refractivity contribution is -0.384. The van der Waals surface area contributed by atoms with Gasteiger partial charge in [-0.05, 0) is 12.1 Å². The fourth-order valence-corrected chi connectivity index (χ4v) is 1.61. The van der Waals surface area contributed by atoms with Crippen LogP contribution in [-0.2, 0) is 14.4 Å². The van der Waals surface area contributed by atoms with Gasteiger partial charge in [0.15, 0.2) is 11.8 Å². The van der Waals surface area contributed by atoms with Crippen molar-refractivity contribution in [1.82, 2.24) is 0 Å². The van der Waals surface area contributed by atoms with Gasteiger partial charge in [0.25, 0.3) is 5.69 Å². The molecule has 0 aliphatic carbocycles. The Morgan fingerprint density at radius 2 is 2.20 bits per heavy atom. The van der Waals surface area contributed by atoms with E-state index in [1.807, 2.05) is 0 Å². The molecule has 1 heterocycles. The van der Waals surface area contributed by atoms with Crippen LogP contribution in [0.4, 0.5) is 5.69 Å². The first kappa shape index (κ1) is 13.8. The maximum absolute atomic E-state index is 11.2. The monoisotopic (exact) mass is 280 g/mol. The van der Waals surface area contributed by atoms with Gasteiger partial charge in [0.1, 0.15) is 12.4 Å². The van der Waals surface area contributed by atoms with E-state index in [2.05, 4.69) is 9.89 Å². The summed E-state index contributed by atoms with van der Waals surface area (Å²) in [4.78, 5) is 26.2. The number of non-ortho nitro benzene ring substituents is 1. The molecule has 1 atom stereocenters. The molecular weight excluding hydrogens is 268 g/mol. The Morgan fingerprint density at radius 1 is 1.50 bits per heavy atom. The Labute approximate surface area is 114 Å². The second kappa shape index (κ2) is 6.00. The molecule has 1 aromatic carbocycles. The fourth-order valence-electron chi connectivity index (χ4n) is 1.61. The molecule has 0 aromatic heterocycles. The van der Waals surface area contributed by atoms with Crippen LogP contribution in [0.1, 0.15) is 6.42 Å². The van der Waals surface area contributed by atoms with E-state index >= 15 is 0 Å². The van der Waals surface area contributed by atoms with Gasteiger partial charge >= 0.3 is 5.97 Å². The molecule has 0 amide bonds. The van der Waals surface area contributed by atoms with Crippen molar-refractivity contribution in [1.29, 1.82) is 0 Å². The minimum absolute atomic E-state index is 0.00854. The van der Waals surface area contributed by atoms with E-state index in [-0.39, 0.29) is 24.1 Å². The zero-order chi connectivity index (χ0) is 14.5. The van der Waals surface area contributed by atoms with Crippen molar-refractivity contribution in [3.8, 4) is 5.75 Å².